The second-order valence-corrected chi connectivity index (χ2v) is 9.07. The van der Waals surface area contributed by atoms with E-state index in [2.05, 4.69) is 98.6 Å². The van der Waals surface area contributed by atoms with Gasteiger partial charge < -0.3 is 15.7 Å². The van der Waals surface area contributed by atoms with Crippen LogP contribution in [0.25, 0.3) is 44.1 Å². The average Bonchev–Trinajstić information content (AvgIpc) is 3.40. The number of H-pyrrole nitrogens is 2. The van der Waals surface area contributed by atoms with E-state index in [1.54, 1.807) is 0 Å². The lowest BCUT2D eigenvalue weighted by Gasteiger charge is -2.17. The summed E-state index contributed by atoms with van der Waals surface area (Å²) >= 11 is 0. The monoisotopic (exact) mass is 446 g/mol. The predicted molar refractivity (Wildman–Crippen MR) is 139 cm³/mol. The van der Waals surface area contributed by atoms with Gasteiger partial charge in [-0.25, -0.2) is 9.97 Å². The largest absolute Gasteiger partial charge is 0.384 e. The molecule has 3 heterocycles. The summed E-state index contributed by atoms with van der Waals surface area (Å²) in [6.45, 7) is 3.69. The molecule has 0 spiro atoms. The number of aromatic amines is 2. The second kappa shape index (κ2) is 8.01. The van der Waals surface area contributed by atoms with Gasteiger partial charge in [0.25, 0.3) is 0 Å². The zero-order valence-corrected chi connectivity index (χ0v) is 19.3. The average molecular weight is 447 g/mol. The fourth-order valence-electron chi connectivity index (χ4n) is 4.78. The SMILES string of the molecule is Cc1nc2nc(N)cc(-c3cc4cc(CN(C)Cc5ccc6ccccc6c5)ccc4[nH]3)c2[nH]1. The number of fused-ring (bicyclic) bond motifs is 3. The number of rotatable bonds is 5. The van der Waals surface area contributed by atoms with Crippen LogP contribution >= 0.6 is 0 Å². The fourth-order valence-corrected chi connectivity index (χ4v) is 4.78. The first-order chi connectivity index (χ1) is 16.5. The van der Waals surface area contributed by atoms with Crippen LogP contribution in [0.1, 0.15) is 17.0 Å². The molecule has 0 fully saturated rings. The maximum absolute atomic E-state index is 6.05. The van der Waals surface area contributed by atoms with Crippen LogP contribution in [0.2, 0.25) is 0 Å². The molecule has 3 aromatic carbocycles. The van der Waals surface area contributed by atoms with E-state index >= 15 is 0 Å². The number of benzene rings is 3. The van der Waals surface area contributed by atoms with Gasteiger partial charge >= 0.3 is 0 Å². The highest BCUT2D eigenvalue weighted by Gasteiger charge is 2.13. The van der Waals surface area contributed by atoms with Gasteiger partial charge in [-0.2, -0.15) is 0 Å². The van der Waals surface area contributed by atoms with E-state index in [1.807, 2.05) is 13.0 Å². The van der Waals surface area contributed by atoms with Crippen LogP contribution in [0.3, 0.4) is 0 Å². The van der Waals surface area contributed by atoms with Gasteiger partial charge in [-0.05, 0) is 66.2 Å². The fraction of sp³-hybridized carbons (Fsp3) is 0.143. The third-order valence-electron chi connectivity index (χ3n) is 6.29. The first kappa shape index (κ1) is 20.4. The molecule has 168 valence electrons. The lowest BCUT2D eigenvalue weighted by atomic mass is 10.1. The molecule has 6 heteroatoms. The molecule has 0 saturated carbocycles. The number of hydrogen-bond donors (Lipinski definition) is 3. The maximum Gasteiger partial charge on any atom is 0.180 e. The predicted octanol–water partition coefficient (Wildman–Crippen LogP) is 5.78. The molecule has 0 atom stereocenters. The Balaban J connectivity index is 1.26. The molecular weight excluding hydrogens is 420 g/mol. The highest BCUT2D eigenvalue weighted by atomic mass is 15.1. The van der Waals surface area contributed by atoms with Gasteiger partial charge in [-0.1, -0.05) is 42.5 Å². The van der Waals surface area contributed by atoms with E-state index in [-0.39, 0.29) is 0 Å². The van der Waals surface area contributed by atoms with Gasteiger partial charge in [-0.15, -0.1) is 0 Å². The van der Waals surface area contributed by atoms with Gasteiger partial charge in [-0.3, -0.25) is 4.90 Å². The van der Waals surface area contributed by atoms with Crippen molar-refractivity contribution in [3.8, 4) is 11.3 Å². The van der Waals surface area contributed by atoms with Crippen LogP contribution in [0, 0.1) is 6.92 Å². The van der Waals surface area contributed by atoms with Gasteiger partial charge in [0.1, 0.15) is 11.6 Å². The Morgan fingerprint density at radius 2 is 1.53 bits per heavy atom. The number of nitrogen functional groups attached to an aromatic ring is 1. The number of nitrogens with zero attached hydrogens (tertiary/aromatic N) is 3. The lowest BCUT2D eigenvalue weighted by molar-refractivity contribution is 0.319. The first-order valence-electron chi connectivity index (χ1n) is 11.4. The normalized spacial score (nSPS) is 11.9. The number of nitrogens with one attached hydrogen (secondary N) is 2. The summed E-state index contributed by atoms with van der Waals surface area (Å²) < 4.78 is 0. The summed E-state index contributed by atoms with van der Waals surface area (Å²) in [4.78, 5) is 18.0. The smallest absolute Gasteiger partial charge is 0.180 e. The van der Waals surface area contributed by atoms with E-state index in [9.17, 15) is 0 Å². The Bertz CT molecular complexity index is 1660. The number of pyridine rings is 1. The molecular formula is C28H26N6. The van der Waals surface area contributed by atoms with Gasteiger partial charge in [0.05, 0.1) is 5.52 Å². The van der Waals surface area contributed by atoms with E-state index in [0.29, 0.717) is 11.5 Å². The third-order valence-corrected chi connectivity index (χ3v) is 6.29. The standard InChI is InChI=1S/C28H26N6/c1-17-30-27-23(14-26(29)33-28(27)31-17)25-13-22-12-19(8-10-24(22)32-25)16-34(2)15-18-7-9-20-5-3-4-6-21(20)11-18/h3-14,32H,15-16H2,1-2H3,(H3,29,30,31,33). The first-order valence-corrected chi connectivity index (χ1v) is 11.4. The molecule has 3 aromatic heterocycles. The highest BCUT2D eigenvalue weighted by Crippen LogP contribution is 2.31. The molecule has 34 heavy (non-hydrogen) atoms. The molecule has 0 aliphatic heterocycles. The molecule has 0 amide bonds. The minimum absolute atomic E-state index is 0.462. The number of aromatic nitrogens is 4. The zero-order chi connectivity index (χ0) is 23.2. The summed E-state index contributed by atoms with van der Waals surface area (Å²) in [5.41, 5.74) is 13.3. The summed E-state index contributed by atoms with van der Waals surface area (Å²) in [5.74, 6) is 1.28. The van der Waals surface area contributed by atoms with Gasteiger partial charge in [0.2, 0.25) is 0 Å². The van der Waals surface area contributed by atoms with Crippen LogP contribution in [0.15, 0.2) is 72.8 Å². The second-order valence-electron chi connectivity index (χ2n) is 9.07. The van der Waals surface area contributed by atoms with Crippen molar-refractivity contribution in [2.24, 2.45) is 0 Å². The summed E-state index contributed by atoms with van der Waals surface area (Å²) in [5, 5.41) is 3.74. The minimum Gasteiger partial charge on any atom is -0.384 e. The maximum atomic E-state index is 6.05. The van der Waals surface area contributed by atoms with Gasteiger partial charge in [0.15, 0.2) is 5.65 Å². The zero-order valence-electron chi connectivity index (χ0n) is 19.3. The van der Waals surface area contributed by atoms with E-state index in [4.69, 9.17) is 5.73 Å². The van der Waals surface area contributed by atoms with Crippen molar-refractivity contribution in [2.75, 3.05) is 12.8 Å². The Morgan fingerprint density at radius 3 is 2.35 bits per heavy atom. The van der Waals surface area contributed by atoms with Crippen molar-refractivity contribution < 1.29 is 0 Å². The van der Waals surface area contributed by atoms with Crippen LogP contribution in [0.5, 0.6) is 0 Å². The third kappa shape index (κ3) is 3.78. The summed E-state index contributed by atoms with van der Waals surface area (Å²) in [6.07, 6.45) is 0. The quantitative estimate of drug-likeness (QED) is 0.313. The molecule has 6 aromatic rings. The molecule has 6 rings (SSSR count). The Hall–Kier alpha value is -4.16. The van der Waals surface area contributed by atoms with Crippen molar-refractivity contribution in [1.82, 2.24) is 24.8 Å². The highest BCUT2D eigenvalue weighted by molar-refractivity contribution is 5.95. The summed E-state index contributed by atoms with van der Waals surface area (Å²) in [6, 6.07) is 25.9. The molecule has 6 nitrogen and oxygen atoms in total. The molecule has 4 N–H and O–H groups in total. The molecule has 0 radical (unpaired) electrons. The Labute approximate surface area is 197 Å². The topological polar surface area (TPSA) is 86.6 Å². The number of anilines is 1. The van der Waals surface area contributed by atoms with E-state index in [0.717, 1.165) is 41.2 Å². The van der Waals surface area contributed by atoms with Crippen molar-refractivity contribution in [3.63, 3.8) is 0 Å². The van der Waals surface area contributed by atoms with Crippen LogP contribution in [0.4, 0.5) is 5.82 Å². The Morgan fingerprint density at radius 1 is 0.794 bits per heavy atom. The van der Waals surface area contributed by atoms with E-state index < -0.39 is 0 Å². The molecule has 0 aliphatic carbocycles. The van der Waals surface area contributed by atoms with Crippen LogP contribution < -0.4 is 5.73 Å². The molecule has 0 unspecified atom stereocenters. The van der Waals surface area contributed by atoms with Crippen molar-refractivity contribution in [1.29, 1.82) is 0 Å². The number of hydrogen-bond acceptors (Lipinski definition) is 4. The molecule has 0 aliphatic rings. The number of aryl methyl sites for hydroxylation is 1. The Kier molecular flexibility index (Phi) is 4.81. The van der Waals surface area contributed by atoms with Gasteiger partial charge in [0, 0.05) is 35.2 Å². The molecule has 0 bridgehead atoms. The van der Waals surface area contributed by atoms with Crippen molar-refractivity contribution in [2.45, 2.75) is 20.0 Å². The van der Waals surface area contributed by atoms with Crippen molar-refractivity contribution in [3.05, 3.63) is 89.7 Å². The molecule has 0 saturated heterocycles. The van der Waals surface area contributed by atoms with E-state index in [1.165, 1.54) is 27.3 Å². The number of imidazole rings is 1. The minimum atomic E-state index is 0.462. The van der Waals surface area contributed by atoms with Crippen LogP contribution in [-0.2, 0) is 13.1 Å². The number of nitrogens with two attached hydrogens (primary N) is 1. The van der Waals surface area contributed by atoms with Crippen molar-refractivity contribution >= 4 is 38.7 Å². The summed E-state index contributed by atoms with van der Waals surface area (Å²) in [7, 11) is 2.17. The van der Waals surface area contributed by atoms with Crippen LogP contribution in [-0.4, -0.2) is 31.9 Å². The lowest BCUT2D eigenvalue weighted by Crippen LogP contribution is -2.17.